The Labute approximate surface area is 162 Å². The number of phenolic OH excluding ortho intramolecular Hbond substituents is 2. The van der Waals surface area contributed by atoms with Gasteiger partial charge in [-0.15, -0.1) is 0 Å². The van der Waals surface area contributed by atoms with Gasteiger partial charge < -0.3 is 13.1 Å². The number of phenols is 2. The molecular formula is C14H10Na2O4. The minimum atomic E-state index is -0.450. The van der Waals surface area contributed by atoms with Crippen LogP contribution >= 0.6 is 0 Å². The maximum Gasteiger partial charge on any atom is 1.00 e. The van der Waals surface area contributed by atoms with Crippen LogP contribution in [0.3, 0.4) is 0 Å². The van der Waals surface area contributed by atoms with Crippen LogP contribution in [-0.2, 0) is 0 Å². The number of rotatable bonds is 0. The van der Waals surface area contributed by atoms with Crippen molar-refractivity contribution in [3.05, 3.63) is 58.7 Å². The summed E-state index contributed by atoms with van der Waals surface area (Å²) in [5.74, 6) is -1.35. The van der Waals surface area contributed by atoms with Gasteiger partial charge in [0.15, 0.2) is 11.6 Å². The molecule has 0 aromatic heterocycles. The van der Waals surface area contributed by atoms with Crippen molar-refractivity contribution < 1.29 is 81.8 Å². The smallest absolute Gasteiger partial charge is 1.00 e. The predicted octanol–water partition coefficient (Wildman–Crippen LogP) is -3.89. The fourth-order valence-corrected chi connectivity index (χ4v) is 2.21. The van der Waals surface area contributed by atoms with Crippen LogP contribution in [0.4, 0.5) is 0 Å². The summed E-state index contributed by atoms with van der Waals surface area (Å²) >= 11 is 0. The summed E-state index contributed by atoms with van der Waals surface area (Å²) in [7, 11) is 0. The van der Waals surface area contributed by atoms with Gasteiger partial charge in [-0.25, -0.2) is 0 Å². The third kappa shape index (κ3) is 2.48. The molecule has 2 aromatic rings. The van der Waals surface area contributed by atoms with Gasteiger partial charge in [-0.3, -0.25) is 9.59 Å². The number of carbonyl (C=O) groups is 2. The van der Waals surface area contributed by atoms with Crippen LogP contribution in [0.2, 0.25) is 0 Å². The van der Waals surface area contributed by atoms with Gasteiger partial charge in [0.1, 0.15) is 11.5 Å². The van der Waals surface area contributed by atoms with Gasteiger partial charge >= 0.3 is 59.1 Å². The van der Waals surface area contributed by atoms with Gasteiger partial charge in [-0.2, -0.15) is 0 Å². The van der Waals surface area contributed by atoms with E-state index in [1.807, 2.05) is 0 Å². The Morgan fingerprint density at radius 1 is 0.700 bits per heavy atom. The van der Waals surface area contributed by atoms with Gasteiger partial charge in [0.25, 0.3) is 0 Å². The average molecular weight is 288 g/mol. The van der Waals surface area contributed by atoms with Gasteiger partial charge in [0.05, 0.1) is 11.1 Å². The van der Waals surface area contributed by atoms with Crippen LogP contribution in [0.5, 0.6) is 11.5 Å². The van der Waals surface area contributed by atoms with Crippen LogP contribution in [0.1, 0.15) is 34.7 Å². The molecule has 2 N–H and O–H groups in total. The molecule has 20 heavy (non-hydrogen) atoms. The van der Waals surface area contributed by atoms with Gasteiger partial charge in [0, 0.05) is 11.1 Å². The number of hydrogen-bond donors (Lipinski definition) is 2. The topological polar surface area (TPSA) is 74.6 Å². The second-order valence-corrected chi connectivity index (χ2v) is 4.06. The number of aromatic hydroxyl groups is 2. The van der Waals surface area contributed by atoms with E-state index in [9.17, 15) is 19.8 Å². The van der Waals surface area contributed by atoms with Crippen molar-refractivity contribution >= 4 is 11.6 Å². The molecule has 0 heterocycles. The van der Waals surface area contributed by atoms with Crippen molar-refractivity contribution in [2.75, 3.05) is 0 Å². The Balaban J connectivity index is 0. The summed E-state index contributed by atoms with van der Waals surface area (Å²) in [5.41, 5.74) is 0.240. The van der Waals surface area contributed by atoms with Crippen molar-refractivity contribution in [1.29, 1.82) is 0 Å². The first-order valence-corrected chi connectivity index (χ1v) is 5.34. The zero-order chi connectivity index (χ0) is 12.9. The van der Waals surface area contributed by atoms with E-state index in [1.165, 1.54) is 36.4 Å². The Kier molecular flexibility index (Phi) is 5.61. The standard InChI is InChI=1S/C14H8O4.2Na.2H/c15-9-5-1-3-7-11(9)14(18)8-4-2-6-10(16)12(8)13(7)17;;;;/h1-6,15-16H;;;;/q;2*+1;2*-1. The van der Waals surface area contributed by atoms with Crippen molar-refractivity contribution in [1.82, 2.24) is 0 Å². The van der Waals surface area contributed by atoms with Crippen molar-refractivity contribution in [2.24, 2.45) is 0 Å². The zero-order valence-electron chi connectivity index (χ0n) is 13.2. The van der Waals surface area contributed by atoms with Crippen LogP contribution in [0.15, 0.2) is 36.4 Å². The molecule has 0 atom stereocenters. The maximum absolute atomic E-state index is 12.2. The summed E-state index contributed by atoms with van der Waals surface area (Å²) in [6, 6.07) is 8.62. The van der Waals surface area contributed by atoms with E-state index in [-0.39, 0.29) is 95.7 Å². The first kappa shape index (κ1) is 17.4. The molecule has 6 heteroatoms. The van der Waals surface area contributed by atoms with E-state index in [2.05, 4.69) is 0 Å². The maximum atomic E-state index is 12.2. The van der Waals surface area contributed by atoms with Crippen molar-refractivity contribution in [3.63, 3.8) is 0 Å². The summed E-state index contributed by atoms with van der Waals surface area (Å²) in [6.07, 6.45) is 0. The van der Waals surface area contributed by atoms with Crippen LogP contribution in [0.25, 0.3) is 0 Å². The first-order chi connectivity index (χ1) is 8.61. The quantitative estimate of drug-likeness (QED) is 0.415. The number of benzene rings is 2. The molecule has 2 aromatic carbocycles. The molecule has 0 unspecified atom stereocenters. The van der Waals surface area contributed by atoms with E-state index in [0.29, 0.717) is 0 Å². The third-order valence-corrected chi connectivity index (χ3v) is 3.03. The van der Waals surface area contributed by atoms with Crippen molar-refractivity contribution in [2.45, 2.75) is 0 Å². The summed E-state index contributed by atoms with van der Waals surface area (Å²) in [6.45, 7) is 0. The van der Waals surface area contributed by atoms with E-state index in [0.717, 1.165) is 0 Å². The summed E-state index contributed by atoms with van der Waals surface area (Å²) in [4.78, 5) is 24.4. The van der Waals surface area contributed by atoms with Gasteiger partial charge in [-0.05, 0) is 12.1 Å². The largest absolute Gasteiger partial charge is 1.00 e. The number of hydrogen-bond acceptors (Lipinski definition) is 4. The Morgan fingerprint density at radius 3 is 1.40 bits per heavy atom. The third-order valence-electron chi connectivity index (χ3n) is 3.03. The van der Waals surface area contributed by atoms with Crippen molar-refractivity contribution in [3.8, 4) is 11.5 Å². The number of carbonyl (C=O) groups excluding carboxylic acids is 2. The Bertz CT molecular complexity index is 658. The molecule has 0 aliphatic heterocycles. The molecule has 4 nitrogen and oxygen atoms in total. The first-order valence-electron chi connectivity index (χ1n) is 5.34. The molecule has 0 saturated carbocycles. The van der Waals surface area contributed by atoms with E-state index in [1.54, 1.807) is 0 Å². The predicted molar refractivity (Wildman–Crippen MR) is 65.3 cm³/mol. The fraction of sp³-hybridized carbons (Fsp3) is 0. The monoisotopic (exact) mass is 288 g/mol. The SMILES string of the molecule is O=C1c2cccc(O)c2C(=O)c2cccc(O)c21.[H-].[H-].[Na+].[Na+]. The van der Waals surface area contributed by atoms with Gasteiger partial charge in [0.2, 0.25) is 0 Å². The van der Waals surface area contributed by atoms with E-state index >= 15 is 0 Å². The van der Waals surface area contributed by atoms with Crippen LogP contribution in [0, 0.1) is 0 Å². The Morgan fingerprint density at radius 2 is 1.05 bits per heavy atom. The summed E-state index contributed by atoms with van der Waals surface area (Å²) < 4.78 is 0. The molecular weight excluding hydrogens is 278 g/mol. The van der Waals surface area contributed by atoms with Crippen LogP contribution in [-0.4, -0.2) is 21.8 Å². The molecule has 3 rings (SSSR count). The zero-order valence-corrected chi connectivity index (χ0v) is 15.2. The van der Waals surface area contributed by atoms with Gasteiger partial charge in [-0.1, -0.05) is 24.3 Å². The second-order valence-electron chi connectivity index (χ2n) is 4.06. The fourth-order valence-electron chi connectivity index (χ4n) is 2.21. The van der Waals surface area contributed by atoms with E-state index < -0.39 is 11.6 Å². The summed E-state index contributed by atoms with van der Waals surface area (Å²) in [5, 5.41) is 19.4. The normalized spacial score (nSPS) is 11.8. The van der Waals surface area contributed by atoms with E-state index in [4.69, 9.17) is 0 Å². The molecule has 0 fully saturated rings. The van der Waals surface area contributed by atoms with Crippen LogP contribution < -0.4 is 59.1 Å². The molecule has 1 aliphatic rings. The molecule has 0 saturated heterocycles. The Hall–Kier alpha value is -0.620. The molecule has 0 amide bonds. The average Bonchev–Trinajstić information content (AvgIpc) is 2.35. The second kappa shape index (κ2) is 6.43. The minimum absolute atomic E-state index is 0. The molecule has 1 aliphatic carbocycles. The number of ketones is 2. The molecule has 0 bridgehead atoms. The molecule has 0 spiro atoms. The molecule has 0 radical (unpaired) electrons. The molecule has 92 valence electrons. The minimum Gasteiger partial charge on any atom is -1.00 e. The number of fused-ring (bicyclic) bond motifs is 2.